The molecule has 0 aliphatic heterocycles. The van der Waals surface area contributed by atoms with Crippen LogP contribution < -0.4 is 5.32 Å². The number of esters is 1. The fraction of sp³-hybridized carbons (Fsp3) is 0.937. The maximum atomic E-state index is 12.5. The molecule has 2 unspecified atom stereocenters. The number of carbonyl (C=O) groups is 2. The third-order valence-corrected chi connectivity index (χ3v) is 14.8. The van der Waals surface area contributed by atoms with Gasteiger partial charge in [-0.05, 0) is 51.4 Å². The van der Waals surface area contributed by atoms with Crippen molar-refractivity contribution in [2.24, 2.45) is 0 Å². The van der Waals surface area contributed by atoms with Crippen LogP contribution in [0.5, 0.6) is 0 Å². The van der Waals surface area contributed by atoms with Crippen LogP contribution in [0.2, 0.25) is 0 Å². The number of carbonyl (C=O) groups excluding carboxylic acids is 2. The molecular formula is C63H123NO5. The van der Waals surface area contributed by atoms with Gasteiger partial charge in [-0.2, -0.15) is 0 Å². The van der Waals surface area contributed by atoms with Gasteiger partial charge in [-0.25, -0.2) is 0 Å². The average molecular weight is 975 g/mol. The van der Waals surface area contributed by atoms with Crippen molar-refractivity contribution in [3.8, 4) is 0 Å². The normalized spacial score (nSPS) is 12.6. The van der Waals surface area contributed by atoms with Crippen LogP contribution in [-0.2, 0) is 14.3 Å². The van der Waals surface area contributed by atoms with Gasteiger partial charge >= 0.3 is 5.97 Å². The van der Waals surface area contributed by atoms with E-state index in [1.165, 1.54) is 276 Å². The predicted molar refractivity (Wildman–Crippen MR) is 301 cm³/mol. The summed E-state index contributed by atoms with van der Waals surface area (Å²) in [6.07, 6.45) is 70.7. The van der Waals surface area contributed by atoms with Crippen molar-refractivity contribution in [1.29, 1.82) is 0 Å². The minimum atomic E-state index is -0.666. The lowest BCUT2D eigenvalue weighted by Crippen LogP contribution is -2.45. The zero-order chi connectivity index (χ0) is 50.0. The van der Waals surface area contributed by atoms with Crippen LogP contribution in [-0.4, -0.2) is 47.4 Å². The Balaban J connectivity index is 3.39. The minimum absolute atomic E-state index is 0.00208. The summed E-state index contributed by atoms with van der Waals surface area (Å²) in [6.45, 7) is 4.97. The summed E-state index contributed by atoms with van der Waals surface area (Å²) in [6, 6.07) is -0.543. The maximum absolute atomic E-state index is 12.5. The second-order valence-corrected chi connectivity index (χ2v) is 21.7. The van der Waals surface area contributed by atoms with E-state index in [1.54, 1.807) is 0 Å². The summed E-state index contributed by atoms with van der Waals surface area (Å²) >= 11 is 0. The SMILES string of the molecule is CCCCCCCC/C=C\CCCCCCCC(=O)OCCCCCCCCCCCCCCCCCCCCCC(=O)NC(CO)C(O)CCCCCCCCCCCCCCCCCCCC. The van der Waals surface area contributed by atoms with Crippen molar-refractivity contribution in [2.45, 2.75) is 366 Å². The van der Waals surface area contributed by atoms with Crippen molar-refractivity contribution >= 4 is 11.9 Å². The molecule has 410 valence electrons. The van der Waals surface area contributed by atoms with Gasteiger partial charge in [0.2, 0.25) is 5.91 Å². The van der Waals surface area contributed by atoms with Gasteiger partial charge in [-0.1, -0.05) is 302 Å². The Morgan fingerprint density at radius 2 is 0.681 bits per heavy atom. The molecule has 0 aromatic carbocycles. The van der Waals surface area contributed by atoms with Gasteiger partial charge in [-0.15, -0.1) is 0 Å². The van der Waals surface area contributed by atoms with Gasteiger partial charge in [0, 0.05) is 12.8 Å². The molecule has 1 amide bonds. The molecule has 3 N–H and O–H groups in total. The Morgan fingerprint density at radius 3 is 1.03 bits per heavy atom. The average Bonchev–Trinajstić information content (AvgIpc) is 3.35. The first kappa shape index (κ1) is 67.6. The molecule has 2 atom stereocenters. The highest BCUT2D eigenvalue weighted by molar-refractivity contribution is 5.76. The second kappa shape index (κ2) is 59.2. The molecule has 0 spiro atoms. The molecule has 0 saturated carbocycles. The monoisotopic (exact) mass is 974 g/mol. The fourth-order valence-electron chi connectivity index (χ4n) is 9.99. The Bertz CT molecular complexity index is 1030. The highest BCUT2D eigenvalue weighted by Crippen LogP contribution is 2.18. The summed E-state index contributed by atoms with van der Waals surface area (Å²) in [5, 5.41) is 23.3. The van der Waals surface area contributed by atoms with E-state index in [4.69, 9.17) is 4.74 Å². The number of allylic oxidation sites excluding steroid dienone is 2. The largest absolute Gasteiger partial charge is 0.466 e. The van der Waals surface area contributed by atoms with E-state index in [1.807, 2.05) is 0 Å². The van der Waals surface area contributed by atoms with Gasteiger partial charge in [-0.3, -0.25) is 9.59 Å². The Labute approximate surface area is 431 Å². The molecule has 0 saturated heterocycles. The van der Waals surface area contributed by atoms with Crippen LogP contribution in [0.15, 0.2) is 12.2 Å². The predicted octanol–water partition coefficient (Wildman–Crippen LogP) is 19.6. The standard InChI is InChI=1S/C63H123NO5/c1-3-5-7-9-11-13-15-17-19-20-24-28-31-35-39-43-47-51-55-61(66)60(59-65)64-62(67)56-52-48-44-40-36-32-29-25-22-21-23-26-30-34-38-42-46-50-54-58-69-63(68)57-53-49-45-41-37-33-27-18-16-14-12-10-8-6-4-2/h18,27,60-61,65-66H,3-17,19-26,28-59H2,1-2H3,(H,64,67)/b27-18-. The summed E-state index contributed by atoms with van der Waals surface area (Å²) in [5.74, 6) is -0.0325. The van der Waals surface area contributed by atoms with Crippen molar-refractivity contribution in [1.82, 2.24) is 5.32 Å². The smallest absolute Gasteiger partial charge is 0.305 e. The molecule has 0 fully saturated rings. The molecule has 0 rings (SSSR count). The minimum Gasteiger partial charge on any atom is -0.466 e. The van der Waals surface area contributed by atoms with Crippen LogP contribution in [0.25, 0.3) is 0 Å². The van der Waals surface area contributed by atoms with Crippen LogP contribution in [0.3, 0.4) is 0 Å². The van der Waals surface area contributed by atoms with Crippen LogP contribution in [0.1, 0.15) is 354 Å². The van der Waals surface area contributed by atoms with Crippen LogP contribution >= 0.6 is 0 Å². The molecule has 69 heavy (non-hydrogen) atoms. The molecule has 0 aromatic heterocycles. The Hall–Kier alpha value is -1.40. The first-order valence-corrected chi connectivity index (χ1v) is 31.4. The van der Waals surface area contributed by atoms with E-state index in [-0.39, 0.29) is 18.5 Å². The van der Waals surface area contributed by atoms with Crippen LogP contribution in [0, 0.1) is 0 Å². The fourth-order valence-corrected chi connectivity index (χ4v) is 9.99. The first-order chi connectivity index (χ1) is 34.0. The third kappa shape index (κ3) is 55.8. The Kier molecular flexibility index (Phi) is 58.0. The summed E-state index contributed by atoms with van der Waals surface area (Å²) < 4.78 is 5.48. The molecular weight excluding hydrogens is 851 g/mol. The van der Waals surface area contributed by atoms with E-state index >= 15 is 0 Å². The number of unbranched alkanes of at least 4 members (excludes halogenated alkanes) is 46. The number of rotatable bonds is 59. The van der Waals surface area contributed by atoms with E-state index in [0.717, 1.165) is 44.9 Å². The molecule has 0 heterocycles. The van der Waals surface area contributed by atoms with Gasteiger partial charge < -0.3 is 20.3 Å². The maximum Gasteiger partial charge on any atom is 0.305 e. The zero-order valence-electron chi connectivity index (χ0n) is 46.8. The molecule has 6 heteroatoms. The number of amides is 1. The van der Waals surface area contributed by atoms with Gasteiger partial charge in [0.25, 0.3) is 0 Å². The number of hydrogen-bond acceptors (Lipinski definition) is 5. The van der Waals surface area contributed by atoms with E-state index < -0.39 is 12.1 Å². The molecule has 0 radical (unpaired) electrons. The number of nitrogens with one attached hydrogen (secondary N) is 1. The quantitative estimate of drug-likeness (QED) is 0.0321. The van der Waals surface area contributed by atoms with E-state index in [9.17, 15) is 19.8 Å². The number of aliphatic hydroxyl groups excluding tert-OH is 2. The van der Waals surface area contributed by atoms with Gasteiger partial charge in [0.05, 0.1) is 25.4 Å². The van der Waals surface area contributed by atoms with Crippen molar-refractivity contribution in [3.63, 3.8) is 0 Å². The second-order valence-electron chi connectivity index (χ2n) is 21.7. The van der Waals surface area contributed by atoms with Crippen molar-refractivity contribution in [3.05, 3.63) is 12.2 Å². The first-order valence-electron chi connectivity index (χ1n) is 31.4. The van der Waals surface area contributed by atoms with Crippen LogP contribution in [0.4, 0.5) is 0 Å². The molecule has 0 aliphatic rings. The van der Waals surface area contributed by atoms with E-state index in [0.29, 0.717) is 25.9 Å². The molecule has 0 aliphatic carbocycles. The topological polar surface area (TPSA) is 95.9 Å². The number of hydrogen-bond donors (Lipinski definition) is 3. The van der Waals surface area contributed by atoms with Crippen molar-refractivity contribution in [2.75, 3.05) is 13.2 Å². The molecule has 0 aromatic rings. The van der Waals surface area contributed by atoms with Crippen molar-refractivity contribution < 1.29 is 24.5 Å². The van der Waals surface area contributed by atoms with E-state index in [2.05, 4.69) is 31.3 Å². The lowest BCUT2D eigenvalue weighted by atomic mass is 10.0. The van der Waals surface area contributed by atoms with Gasteiger partial charge in [0.15, 0.2) is 0 Å². The highest BCUT2D eigenvalue weighted by atomic mass is 16.5. The molecule has 6 nitrogen and oxygen atoms in total. The van der Waals surface area contributed by atoms with Gasteiger partial charge in [0.1, 0.15) is 0 Å². The lowest BCUT2D eigenvalue weighted by molar-refractivity contribution is -0.143. The Morgan fingerprint density at radius 1 is 0.391 bits per heavy atom. The zero-order valence-corrected chi connectivity index (χ0v) is 46.8. The highest BCUT2D eigenvalue weighted by Gasteiger charge is 2.20. The molecule has 0 bridgehead atoms. The number of ether oxygens (including phenoxy) is 1. The number of aliphatic hydroxyl groups is 2. The summed E-state index contributed by atoms with van der Waals surface area (Å²) in [7, 11) is 0. The summed E-state index contributed by atoms with van der Waals surface area (Å²) in [4.78, 5) is 24.6. The summed E-state index contributed by atoms with van der Waals surface area (Å²) in [5.41, 5.74) is 0. The lowest BCUT2D eigenvalue weighted by Gasteiger charge is -2.22. The third-order valence-electron chi connectivity index (χ3n) is 14.8.